The van der Waals surface area contributed by atoms with E-state index in [2.05, 4.69) is 55.6 Å². The first-order chi connectivity index (χ1) is 12.5. The Morgan fingerprint density at radius 1 is 1.12 bits per heavy atom. The van der Waals surface area contributed by atoms with Gasteiger partial charge in [0.25, 0.3) is 0 Å². The lowest BCUT2D eigenvalue weighted by molar-refractivity contribution is -0.122. The fraction of sp³-hybridized carbons (Fsp3) is 0.409. The Morgan fingerprint density at radius 2 is 1.73 bits per heavy atom. The van der Waals surface area contributed by atoms with Crippen LogP contribution in [0.2, 0.25) is 0 Å². The number of hydrogen-bond donors (Lipinski definition) is 1. The smallest absolute Gasteiger partial charge is 0.224 e. The number of benzene rings is 2. The third kappa shape index (κ3) is 4.68. The zero-order valence-corrected chi connectivity index (χ0v) is 16.6. The molecule has 3 rings (SSSR count). The van der Waals surface area contributed by atoms with Gasteiger partial charge in [-0.2, -0.15) is 0 Å². The van der Waals surface area contributed by atoms with Crippen molar-refractivity contribution >= 4 is 17.7 Å². The molecule has 1 N–H and O–H groups in total. The average Bonchev–Trinajstić information content (AvgIpc) is 3.00. The van der Waals surface area contributed by atoms with Crippen LogP contribution >= 0.6 is 11.8 Å². The van der Waals surface area contributed by atoms with Crippen molar-refractivity contribution in [2.24, 2.45) is 0 Å². The van der Waals surface area contributed by atoms with E-state index in [1.165, 1.54) is 16.0 Å². The van der Waals surface area contributed by atoms with E-state index in [-0.39, 0.29) is 11.5 Å². The minimum atomic E-state index is -0.322. The molecule has 0 bridgehead atoms. The van der Waals surface area contributed by atoms with E-state index >= 15 is 0 Å². The van der Waals surface area contributed by atoms with E-state index in [0.29, 0.717) is 18.2 Å². The fourth-order valence-corrected chi connectivity index (χ4v) is 4.30. The minimum Gasteiger partial charge on any atom is -0.376 e. The largest absolute Gasteiger partial charge is 0.376 e. The van der Waals surface area contributed by atoms with E-state index < -0.39 is 0 Å². The number of carbonyl (C=O) groups excluding carboxylic acids is 1. The lowest BCUT2D eigenvalue weighted by Gasteiger charge is -2.27. The highest BCUT2D eigenvalue weighted by Gasteiger charge is 2.37. The molecule has 2 aromatic rings. The predicted molar refractivity (Wildman–Crippen MR) is 108 cm³/mol. The van der Waals surface area contributed by atoms with Gasteiger partial charge in [0.1, 0.15) is 0 Å². The van der Waals surface area contributed by atoms with Crippen molar-refractivity contribution in [3.63, 3.8) is 0 Å². The number of ether oxygens (including phenoxy) is 1. The molecule has 0 saturated carbocycles. The maximum Gasteiger partial charge on any atom is 0.224 e. The van der Waals surface area contributed by atoms with Gasteiger partial charge < -0.3 is 10.1 Å². The van der Waals surface area contributed by atoms with Gasteiger partial charge in [-0.25, -0.2) is 0 Å². The molecule has 1 aliphatic carbocycles. The molecule has 26 heavy (non-hydrogen) atoms. The highest BCUT2D eigenvalue weighted by molar-refractivity contribution is 7.99. The Labute approximate surface area is 160 Å². The normalized spacial score (nSPS) is 15.1. The summed E-state index contributed by atoms with van der Waals surface area (Å²) in [7, 11) is 1.74. The van der Waals surface area contributed by atoms with Gasteiger partial charge in [0, 0.05) is 36.6 Å². The van der Waals surface area contributed by atoms with Crippen molar-refractivity contribution < 1.29 is 9.53 Å². The first-order valence-corrected chi connectivity index (χ1v) is 10.0. The number of hydrogen-bond acceptors (Lipinski definition) is 3. The van der Waals surface area contributed by atoms with Crippen molar-refractivity contribution in [2.45, 2.75) is 48.9 Å². The Hall–Kier alpha value is -1.78. The molecular formula is C22H27NO2S. The van der Waals surface area contributed by atoms with E-state index in [1.54, 1.807) is 7.11 Å². The van der Waals surface area contributed by atoms with Crippen molar-refractivity contribution in [3.05, 3.63) is 65.2 Å². The van der Waals surface area contributed by atoms with Crippen molar-refractivity contribution in [1.29, 1.82) is 0 Å². The summed E-state index contributed by atoms with van der Waals surface area (Å²) in [6.45, 7) is 4.90. The SMILES string of the molecule is COC1(CNC(=O)Cc2ccc(SC(C)C)cc2)Cc2ccccc2C1. The van der Waals surface area contributed by atoms with Crippen LogP contribution in [0, 0.1) is 0 Å². The second-order valence-corrected chi connectivity index (χ2v) is 8.92. The number of fused-ring (bicyclic) bond motifs is 1. The number of nitrogens with one attached hydrogen (secondary N) is 1. The number of rotatable bonds is 7. The molecule has 0 saturated heterocycles. The maximum atomic E-state index is 12.4. The van der Waals surface area contributed by atoms with Gasteiger partial charge in [0.15, 0.2) is 0 Å². The Morgan fingerprint density at radius 3 is 2.27 bits per heavy atom. The molecule has 0 radical (unpaired) electrons. The van der Waals surface area contributed by atoms with Crippen molar-refractivity contribution in [3.8, 4) is 0 Å². The lowest BCUT2D eigenvalue weighted by atomic mass is 10.00. The van der Waals surface area contributed by atoms with Gasteiger partial charge in [0.2, 0.25) is 5.91 Å². The number of amides is 1. The molecule has 0 aromatic heterocycles. The Balaban J connectivity index is 1.54. The molecule has 0 atom stereocenters. The molecule has 4 heteroatoms. The van der Waals surface area contributed by atoms with Crippen LogP contribution in [-0.2, 0) is 28.8 Å². The van der Waals surface area contributed by atoms with Crippen LogP contribution in [0.3, 0.4) is 0 Å². The topological polar surface area (TPSA) is 38.3 Å². The van der Waals surface area contributed by atoms with Gasteiger partial charge >= 0.3 is 0 Å². The molecule has 138 valence electrons. The van der Waals surface area contributed by atoms with Crippen LogP contribution in [0.15, 0.2) is 53.4 Å². The first kappa shape index (κ1) is 19.0. The van der Waals surface area contributed by atoms with Crippen molar-refractivity contribution in [2.75, 3.05) is 13.7 Å². The molecule has 0 fully saturated rings. The van der Waals surface area contributed by atoms with E-state index in [0.717, 1.165) is 18.4 Å². The summed E-state index contributed by atoms with van der Waals surface area (Å²) in [6.07, 6.45) is 2.10. The van der Waals surface area contributed by atoms with Gasteiger partial charge in [0.05, 0.1) is 12.0 Å². The lowest BCUT2D eigenvalue weighted by Crippen LogP contribution is -2.45. The fourth-order valence-electron chi connectivity index (χ4n) is 3.47. The zero-order valence-electron chi connectivity index (χ0n) is 15.7. The first-order valence-electron chi connectivity index (χ1n) is 9.14. The summed E-state index contributed by atoms with van der Waals surface area (Å²) in [4.78, 5) is 13.6. The molecule has 1 amide bonds. The van der Waals surface area contributed by atoms with E-state index in [9.17, 15) is 4.79 Å². The Bertz CT molecular complexity index is 730. The van der Waals surface area contributed by atoms with Gasteiger partial charge in [-0.05, 0) is 28.8 Å². The van der Waals surface area contributed by atoms with Crippen molar-refractivity contribution in [1.82, 2.24) is 5.32 Å². The molecule has 0 heterocycles. The molecule has 2 aromatic carbocycles. The van der Waals surface area contributed by atoms with Crippen LogP contribution in [0.5, 0.6) is 0 Å². The summed E-state index contributed by atoms with van der Waals surface area (Å²) in [5.74, 6) is 0.0432. The molecule has 1 aliphatic rings. The van der Waals surface area contributed by atoms with Crippen LogP contribution in [0.1, 0.15) is 30.5 Å². The van der Waals surface area contributed by atoms with Gasteiger partial charge in [-0.1, -0.05) is 50.2 Å². The second kappa shape index (κ2) is 8.28. The zero-order chi connectivity index (χ0) is 18.6. The summed E-state index contributed by atoms with van der Waals surface area (Å²) in [5.41, 5.74) is 3.36. The summed E-state index contributed by atoms with van der Waals surface area (Å²) in [6, 6.07) is 16.7. The third-order valence-corrected chi connectivity index (χ3v) is 5.86. The standard InChI is InChI=1S/C22H27NO2S/c1-16(2)26-20-10-8-17(9-11-20)12-21(24)23-15-22(25-3)13-18-6-4-5-7-19(18)14-22/h4-11,16H,12-15H2,1-3H3,(H,23,24). The number of carbonyl (C=O) groups is 1. The van der Waals surface area contributed by atoms with Gasteiger partial charge in [-0.15, -0.1) is 11.8 Å². The third-order valence-electron chi connectivity index (χ3n) is 4.84. The second-order valence-electron chi connectivity index (χ2n) is 7.27. The summed E-state index contributed by atoms with van der Waals surface area (Å²) < 4.78 is 5.82. The summed E-state index contributed by atoms with van der Waals surface area (Å²) >= 11 is 1.83. The highest BCUT2D eigenvalue weighted by Crippen LogP contribution is 2.32. The maximum absolute atomic E-state index is 12.4. The van der Waals surface area contributed by atoms with Crippen LogP contribution < -0.4 is 5.32 Å². The predicted octanol–water partition coefficient (Wildman–Crippen LogP) is 4.03. The molecule has 0 unspecified atom stereocenters. The average molecular weight is 370 g/mol. The van der Waals surface area contributed by atoms with Gasteiger partial charge in [-0.3, -0.25) is 4.79 Å². The minimum absolute atomic E-state index is 0.0432. The summed E-state index contributed by atoms with van der Waals surface area (Å²) in [5, 5.41) is 3.64. The van der Waals surface area contributed by atoms with Crippen LogP contribution in [-0.4, -0.2) is 30.4 Å². The number of methoxy groups -OCH3 is 1. The molecule has 3 nitrogen and oxygen atoms in total. The Kier molecular flexibility index (Phi) is 6.05. The molecule has 0 aliphatic heterocycles. The van der Waals surface area contributed by atoms with Crippen LogP contribution in [0.25, 0.3) is 0 Å². The number of thioether (sulfide) groups is 1. The van der Waals surface area contributed by atoms with E-state index in [4.69, 9.17) is 4.74 Å². The highest BCUT2D eigenvalue weighted by atomic mass is 32.2. The van der Waals surface area contributed by atoms with E-state index in [1.807, 2.05) is 23.9 Å². The quantitative estimate of drug-likeness (QED) is 0.749. The molecule has 0 spiro atoms. The van der Waals surface area contributed by atoms with Crippen LogP contribution in [0.4, 0.5) is 0 Å². The molecular weight excluding hydrogens is 342 g/mol. The monoisotopic (exact) mass is 369 g/mol.